The summed E-state index contributed by atoms with van der Waals surface area (Å²) < 4.78 is 54.0. The zero-order valence-corrected chi connectivity index (χ0v) is 16.2. The quantitative estimate of drug-likeness (QED) is 0.529. The highest BCUT2D eigenvalue weighted by Gasteiger charge is 2.22. The third kappa shape index (κ3) is 3.74. The van der Waals surface area contributed by atoms with Gasteiger partial charge in [0.2, 0.25) is 5.90 Å². The summed E-state index contributed by atoms with van der Waals surface area (Å²) in [5, 5.41) is 0. The van der Waals surface area contributed by atoms with E-state index in [-0.39, 0.29) is 23.2 Å². The summed E-state index contributed by atoms with van der Waals surface area (Å²) in [6.07, 6.45) is 3.08. The number of benzene rings is 3. The van der Waals surface area contributed by atoms with Gasteiger partial charge < -0.3 is 14.4 Å². The highest BCUT2D eigenvalue weighted by Crippen LogP contribution is 2.37. The first-order chi connectivity index (χ1) is 14.5. The Balaban J connectivity index is 1.77. The number of methoxy groups -OCH3 is 1. The topological polar surface area (TPSA) is 34.1 Å². The number of hydrogen-bond donors (Lipinski definition) is 0. The van der Waals surface area contributed by atoms with E-state index >= 15 is 4.39 Å². The van der Waals surface area contributed by atoms with E-state index in [2.05, 4.69) is 4.99 Å². The number of hydrogen-bond acceptors (Lipinski definition) is 4. The molecule has 0 saturated carbocycles. The molecular weight excluding hydrogens is 393 g/mol. The second kappa shape index (κ2) is 7.94. The van der Waals surface area contributed by atoms with Crippen LogP contribution in [0.5, 0.6) is 11.5 Å². The van der Waals surface area contributed by atoms with Gasteiger partial charge >= 0.3 is 0 Å². The molecule has 7 heteroatoms. The van der Waals surface area contributed by atoms with Crippen molar-refractivity contribution in [3.63, 3.8) is 0 Å². The molecule has 0 aliphatic carbocycles. The lowest BCUT2D eigenvalue weighted by atomic mass is 10.0. The molecule has 0 radical (unpaired) electrons. The molecule has 30 heavy (non-hydrogen) atoms. The van der Waals surface area contributed by atoms with E-state index in [1.165, 1.54) is 43.5 Å². The zero-order valence-electron chi connectivity index (χ0n) is 16.2. The monoisotopic (exact) mass is 410 g/mol. The van der Waals surface area contributed by atoms with Crippen molar-refractivity contribution in [2.45, 2.75) is 0 Å². The van der Waals surface area contributed by atoms with Crippen LogP contribution < -0.4 is 14.4 Å². The molecule has 0 amide bonds. The summed E-state index contributed by atoms with van der Waals surface area (Å²) >= 11 is 0. The van der Waals surface area contributed by atoms with Crippen LogP contribution >= 0.6 is 0 Å². The maximum Gasteiger partial charge on any atom is 0.220 e. The van der Waals surface area contributed by atoms with Gasteiger partial charge in [0, 0.05) is 31.1 Å². The Bertz CT molecular complexity index is 1180. The Morgan fingerprint density at radius 1 is 0.933 bits per heavy atom. The van der Waals surface area contributed by atoms with Gasteiger partial charge in [-0.1, -0.05) is 12.1 Å². The highest BCUT2D eigenvalue weighted by atomic mass is 19.1. The van der Waals surface area contributed by atoms with E-state index in [1.54, 1.807) is 36.4 Å². The minimum atomic E-state index is -0.865. The van der Waals surface area contributed by atoms with Gasteiger partial charge in [-0.2, -0.15) is 0 Å². The number of nitrogens with zero attached hydrogens (tertiary/aromatic N) is 2. The second-order valence-electron chi connectivity index (χ2n) is 6.58. The van der Waals surface area contributed by atoms with Crippen molar-refractivity contribution < 1.29 is 22.6 Å². The van der Waals surface area contributed by atoms with Crippen LogP contribution in [-0.4, -0.2) is 20.1 Å². The number of halogens is 3. The maximum absolute atomic E-state index is 15.1. The lowest BCUT2D eigenvalue weighted by Gasteiger charge is -2.23. The van der Waals surface area contributed by atoms with Crippen molar-refractivity contribution in [3.8, 4) is 22.6 Å². The molecule has 0 saturated heterocycles. The SMILES string of the molecule is COc1cc(-c2cccc(F)c2)cc(N(C)c2c(F)ccc(OC3=NC=C3)c2F)c1. The van der Waals surface area contributed by atoms with Crippen LogP contribution in [0.2, 0.25) is 0 Å². The second-order valence-corrected chi connectivity index (χ2v) is 6.58. The van der Waals surface area contributed by atoms with Crippen molar-refractivity contribution in [1.82, 2.24) is 0 Å². The fourth-order valence-electron chi connectivity index (χ4n) is 3.08. The van der Waals surface area contributed by atoms with Crippen LogP contribution in [0.15, 0.2) is 71.9 Å². The summed E-state index contributed by atoms with van der Waals surface area (Å²) in [5.74, 6) is -1.46. The van der Waals surface area contributed by atoms with E-state index in [1.807, 2.05) is 0 Å². The minimum Gasteiger partial charge on any atom is -0.497 e. The molecule has 4 rings (SSSR count). The minimum absolute atomic E-state index is 0.144. The van der Waals surface area contributed by atoms with Gasteiger partial charge in [0.1, 0.15) is 23.1 Å². The largest absolute Gasteiger partial charge is 0.497 e. The number of aliphatic imine (C=N–C) groups is 1. The summed E-state index contributed by atoms with van der Waals surface area (Å²) in [5.41, 5.74) is 1.40. The van der Waals surface area contributed by atoms with E-state index in [9.17, 15) is 8.78 Å². The summed E-state index contributed by atoms with van der Waals surface area (Å²) in [4.78, 5) is 5.18. The molecule has 0 bridgehead atoms. The Morgan fingerprint density at radius 3 is 2.40 bits per heavy atom. The fourth-order valence-corrected chi connectivity index (χ4v) is 3.08. The standard InChI is InChI=1S/C23H17F3N2O2/c1-28(23-19(25)6-7-20(22(23)26)30-21-8-9-27-21)17-11-15(12-18(13-17)29-2)14-4-3-5-16(24)10-14/h3-13H,1-2H3. The van der Waals surface area contributed by atoms with Crippen LogP contribution in [-0.2, 0) is 0 Å². The Morgan fingerprint density at radius 2 is 1.73 bits per heavy atom. The van der Waals surface area contributed by atoms with Crippen molar-refractivity contribution in [1.29, 1.82) is 0 Å². The average molecular weight is 410 g/mol. The van der Waals surface area contributed by atoms with Crippen molar-refractivity contribution >= 4 is 17.3 Å². The predicted molar refractivity (Wildman–Crippen MR) is 110 cm³/mol. The zero-order chi connectivity index (χ0) is 21.3. The molecule has 0 N–H and O–H groups in total. The van der Waals surface area contributed by atoms with Crippen molar-refractivity contribution in [2.24, 2.45) is 4.99 Å². The Hall–Kier alpha value is -3.74. The van der Waals surface area contributed by atoms with E-state index in [0.717, 1.165) is 6.07 Å². The Kier molecular flexibility index (Phi) is 5.18. The van der Waals surface area contributed by atoms with Crippen molar-refractivity contribution in [2.75, 3.05) is 19.1 Å². The van der Waals surface area contributed by atoms with Crippen LogP contribution in [0.1, 0.15) is 0 Å². The number of rotatable bonds is 5. The molecule has 4 nitrogen and oxygen atoms in total. The van der Waals surface area contributed by atoms with Crippen LogP contribution in [0.25, 0.3) is 11.1 Å². The van der Waals surface area contributed by atoms with Crippen LogP contribution in [0.3, 0.4) is 0 Å². The molecule has 3 aromatic carbocycles. The van der Waals surface area contributed by atoms with Gasteiger partial charge in [0.15, 0.2) is 11.6 Å². The van der Waals surface area contributed by atoms with Gasteiger partial charge in [-0.25, -0.2) is 18.2 Å². The molecule has 0 spiro atoms. The number of ether oxygens (including phenoxy) is 2. The van der Waals surface area contributed by atoms with Crippen molar-refractivity contribution in [3.05, 3.63) is 84.3 Å². The summed E-state index contributed by atoms with van der Waals surface area (Å²) in [6.45, 7) is 0. The maximum atomic E-state index is 15.1. The molecule has 0 fully saturated rings. The fraction of sp³-hybridized carbons (Fsp3) is 0.0870. The molecule has 0 unspecified atom stereocenters. The van der Waals surface area contributed by atoms with Crippen LogP contribution in [0.4, 0.5) is 24.5 Å². The smallest absolute Gasteiger partial charge is 0.220 e. The van der Waals surface area contributed by atoms with Crippen LogP contribution in [0, 0.1) is 17.5 Å². The molecular formula is C23H17F3N2O2. The summed E-state index contributed by atoms with van der Waals surface area (Å²) in [7, 11) is 3.01. The van der Waals surface area contributed by atoms with Gasteiger partial charge in [0.25, 0.3) is 0 Å². The normalized spacial score (nSPS) is 12.2. The predicted octanol–water partition coefficient (Wildman–Crippen LogP) is 5.85. The first-order valence-corrected chi connectivity index (χ1v) is 9.05. The molecule has 0 atom stereocenters. The van der Waals surface area contributed by atoms with Gasteiger partial charge in [-0.3, -0.25) is 0 Å². The lowest BCUT2D eigenvalue weighted by molar-refractivity contribution is 0.415. The summed E-state index contributed by atoms with van der Waals surface area (Å²) in [6, 6.07) is 13.4. The highest BCUT2D eigenvalue weighted by molar-refractivity contribution is 5.94. The van der Waals surface area contributed by atoms with E-state index in [4.69, 9.17) is 9.47 Å². The first-order valence-electron chi connectivity index (χ1n) is 9.05. The third-order valence-electron chi connectivity index (χ3n) is 4.67. The molecule has 3 aromatic rings. The first kappa shape index (κ1) is 19.6. The molecule has 1 aliphatic rings. The van der Waals surface area contributed by atoms with Gasteiger partial charge in [0.05, 0.1) is 7.11 Å². The Labute approximate surface area is 171 Å². The molecule has 152 valence electrons. The molecule has 0 aromatic heterocycles. The molecule has 1 aliphatic heterocycles. The number of anilines is 2. The van der Waals surface area contributed by atoms with E-state index < -0.39 is 11.6 Å². The third-order valence-corrected chi connectivity index (χ3v) is 4.67. The van der Waals surface area contributed by atoms with Gasteiger partial charge in [-0.05, 0) is 47.5 Å². The lowest BCUT2D eigenvalue weighted by Crippen LogP contribution is -2.16. The molecule has 1 heterocycles. The van der Waals surface area contributed by atoms with Gasteiger partial charge in [-0.15, -0.1) is 0 Å². The average Bonchev–Trinajstić information content (AvgIpc) is 2.71. The van der Waals surface area contributed by atoms with E-state index in [0.29, 0.717) is 22.6 Å².